The van der Waals surface area contributed by atoms with Gasteiger partial charge in [0, 0.05) is 18.5 Å². The number of rotatable bonds is 6. The number of carbonyl (C=O) groups is 2. The summed E-state index contributed by atoms with van der Waals surface area (Å²) in [5, 5.41) is 8.32. The molecule has 1 aromatic carbocycles. The molecule has 2 aromatic rings. The predicted octanol–water partition coefficient (Wildman–Crippen LogP) is 3.44. The molecular weight excluding hydrogens is 334 g/mol. The Morgan fingerprint density at radius 2 is 1.96 bits per heavy atom. The summed E-state index contributed by atoms with van der Waals surface area (Å²) in [5.41, 5.74) is 1.84. The number of carbonyl (C=O) groups excluding carboxylic acids is 2. The number of fused-ring (bicyclic) bond motifs is 1. The van der Waals surface area contributed by atoms with Crippen molar-refractivity contribution >= 4 is 23.0 Å². The van der Waals surface area contributed by atoms with Crippen molar-refractivity contribution in [2.24, 2.45) is 0 Å². The van der Waals surface area contributed by atoms with Crippen LogP contribution in [-0.2, 0) is 16.0 Å². The fraction of sp³-hybridized carbons (Fsp3) is 0.526. The molecule has 0 bridgehead atoms. The Kier molecular flexibility index (Phi) is 6.23. The number of ether oxygens (including phenoxy) is 2. The first-order valence-electron chi connectivity index (χ1n) is 8.73. The average Bonchev–Trinajstić information content (AvgIpc) is 2.88. The van der Waals surface area contributed by atoms with Gasteiger partial charge >= 0.3 is 12.1 Å². The van der Waals surface area contributed by atoms with E-state index in [0.29, 0.717) is 18.7 Å². The lowest BCUT2D eigenvalue weighted by Crippen LogP contribution is -2.33. The minimum atomic E-state index is -0.493. The number of alkyl carbamates (subject to hydrolysis) is 1. The third-order valence-corrected chi connectivity index (χ3v) is 3.82. The molecule has 0 saturated heterocycles. The summed E-state index contributed by atoms with van der Waals surface area (Å²) in [6.07, 6.45) is 1.24. The number of unbranched alkanes of at least 4 members (excludes halogenated alkanes) is 1. The molecule has 0 aliphatic rings. The molecule has 0 saturated carbocycles. The van der Waals surface area contributed by atoms with Crippen LogP contribution in [0.3, 0.4) is 0 Å². The van der Waals surface area contributed by atoms with Gasteiger partial charge < -0.3 is 14.8 Å². The molecule has 0 fully saturated rings. The molecule has 7 nitrogen and oxygen atoms in total. The number of amides is 1. The van der Waals surface area contributed by atoms with Gasteiger partial charge in [0.1, 0.15) is 5.60 Å². The maximum absolute atomic E-state index is 11.7. The Balaban J connectivity index is 1.92. The van der Waals surface area contributed by atoms with Gasteiger partial charge in [0.05, 0.1) is 23.9 Å². The number of methoxy groups -OCH3 is 1. The van der Waals surface area contributed by atoms with Crippen molar-refractivity contribution in [1.82, 2.24) is 15.1 Å². The van der Waals surface area contributed by atoms with E-state index in [0.717, 1.165) is 29.4 Å². The smallest absolute Gasteiger partial charge is 0.407 e. The monoisotopic (exact) mass is 361 g/mol. The quantitative estimate of drug-likeness (QED) is 0.629. The van der Waals surface area contributed by atoms with Crippen LogP contribution < -0.4 is 5.32 Å². The first-order chi connectivity index (χ1) is 12.2. The molecule has 0 unspecified atom stereocenters. The number of hydrogen-bond donors (Lipinski definition) is 1. The molecule has 1 N–H and O–H groups in total. The second-order valence-corrected chi connectivity index (χ2v) is 7.17. The van der Waals surface area contributed by atoms with Crippen molar-refractivity contribution in [3.63, 3.8) is 0 Å². The molecule has 1 heterocycles. The third kappa shape index (κ3) is 5.21. The summed E-state index contributed by atoms with van der Waals surface area (Å²) in [6.45, 7) is 8.69. The fourth-order valence-electron chi connectivity index (χ4n) is 2.65. The van der Waals surface area contributed by atoms with E-state index >= 15 is 0 Å². The molecule has 2 rings (SSSR count). The number of aromatic nitrogens is 2. The molecule has 0 atom stereocenters. The van der Waals surface area contributed by atoms with Crippen LogP contribution in [-0.4, -0.2) is 41.1 Å². The highest BCUT2D eigenvalue weighted by atomic mass is 16.6. The zero-order valence-electron chi connectivity index (χ0n) is 16.1. The van der Waals surface area contributed by atoms with E-state index in [1.807, 2.05) is 38.4 Å². The van der Waals surface area contributed by atoms with Gasteiger partial charge in [-0.05, 0) is 52.7 Å². The van der Waals surface area contributed by atoms with Crippen LogP contribution >= 0.6 is 0 Å². The Morgan fingerprint density at radius 1 is 1.23 bits per heavy atom. The normalized spacial score (nSPS) is 11.4. The molecule has 7 heteroatoms. The zero-order valence-corrected chi connectivity index (χ0v) is 16.1. The summed E-state index contributed by atoms with van der Waals surface area (Å²) in [4.78, 5) is 23.3. The number of esters is 1. The Morgan fingerprint density at radius 3 is 2.62 bits per heavy atom. The van der Waals surface area contributed by atoms with E-state index < -0.39 is 11.7 Å². The van der Waals surface area contributed by atoms with Crippen LogP contribution in [0.15, 0.2) is 18.2 Å². The van der Waals surface area contributed by atoms with Gasteiger partial charge in [0.15, 0.2) is 0 Å². The zero-order chi connectivity index (χ0) is 19.3. The van der Waals surface area contributed by atoms with Gasteiger partial charge in [-0.15, -0.1) is 0 Å². The molecule has 142 valence electrons. The minimum Gasteiger partial charge on any atom is -0.465 e. The highest BCUT2D eigenvalue weighted by Gasteiger charge is 2.15. The first kappa shape index (κ1) is 19.8. The van der Waals surface area contributed by atoms with Gasteiger partial charge in [0.25, 0.3) is 0 Å². The second-order valence-electron chi connectivity index (χ2n) is 7.17. The van der Waals surface area contributed by atoms with Crippen molar-refractivity contribution in [3.8, 4) is 0 Å². The maximum Gasteiger partial charge on any atom is 0.407 e. The molecule has 0 aliphatic carbocycles. The SMILES string of the molecule is COC(=O)c1ccc2c(C)nn(CCCCNC(=O)OC(C)(C)C)c2c1. The Hall–Kier alpha value is -2.57. The number of aryl methyl sites for hydroxylation is 2. The summed E-state index contributed by atoms with van der Waals surface area (Å²) in [7, 11) is 1.37. The maximum atomic E-state index is 11.7. The molecule has 1 amide bonds. The average molecular weight is 361 g/mol. The van der Waals surface area contributed by atoms with Gasteiger partial charge in [-0.25, -0.2) is 9.59 Å². The van der Waals surface area contributed by atoms with Crippen LogP contribution in [0.4, 0.5) is 4.79 Å². The number of nitrogens with zero attached hydrogens (tertiary/aromatic N) is 2. The van der Waals surface area contributed by atoms with Crippen molar-refractivity contribution < 1.29 is 19.1 Å². The van der Waals surface area contributed by atoms with Gasteiger partial charge in [-0.2, -0.15) is 5.10 Å². The van der Waals surface area contributed by atoms with E-state index in [1.165, 1.54) is 7.11 Å². The lowest BCUT2D eigenvalue weighted by atomic mass is 10.1. The number of hydrogen-bond acceptors (Lipinski definition) is 5. The Labute approximate surface area is 153 Å². The van der Waals surface area contributed by atoms with Gasteiger partial charge in [-0.1, -0.05) is 6.07 Å². The highest BCUT2D eigenvalue weighted by Crippen LogP contribution is 2.20. The predicted molar refractivity (Wildman–Crippen MR) is 99.3 cm³/mol. The summed E-state index contributed by atoms with van der Waals surface area (Å²) in [6, 6.07) is 5.45. The summed E-state index contributed by atoms with van der Waals surface area (Å²) < 4.78 is 11.9. The largest absolute Gasteiger partial charge is 0.465 e. The fourth-order valence-corrected chi connectivity index (χ4v) is 2.65. The van der Waals surface area contributed by atoms with Gasteiger partial charge in [-0.3, -0.25) is 4.68 Å². The van der Waals surface area contributed by atoms with Crippen LogP contribution in [0.5, 0.6) is 0 Å². The second kappa shape index (κ2) is 8.21. The molecule has 0 radical (unpaired) electrons. The van der Waals surface area contributed by atoms with E-state index in [1.54, 1.807) is 12.1 Å². The standard InChI is InChI=1S/C19H27N3O4/c1-13-15-9-8-14(17(23)25-5)12-16(15)22(21-13)11-7-6-10-20-18(24)26-19(2,3)4/h8-9,12H,6-7,10-11H2,1-5H3,(H,20,24). The molecule has 0 spiro atoms. The topological polar surface area (TPSA) is 82.5 Å². The van der Waals surface area contributed by atoms with Crippen LogP contribution in [0.25, 0.3) is 10.9 Å². The van der Waals surface area contributed by atoms with E-state index in [4.69, 9.17) is 9.47 Å². The first-order valence-corrected chi connectivity index (χ1v) is 8.73. The summed E-state index contributed by atoms with van der Waals surface area (Å²) in [5.74, 6) is -0.362. The van der Waals surface area contributed by atoms with Crippen molar-refractivity contribution in [1.29, 1.82) is 0 Å². The number of nitrogens with one attached hydrogen (secondary N) is 1. The summed E-state index contributed by atoms with van der Waals surface area (Å²) >= 11 is 0. The highest BCUT2D eigenvalue weighted by molar-refractivity contribution is 5.95. The van der Waals surface area contributed by atoms with E-state index in [-0.39, 0.29) is 5.97 Å². The van der Waals surface area contributed by atoms with Crippen molar-refractivity contribution in [2.75, 3.05) is 13.7 Å². The van der Waals surface area contributed by atoms with Crippen molar-refractivity contribution in [2.45, 2.75) is 52.7 Å². The Bertz CT molecular complexity index is 790. The molecule has 0 aliphatic heterocycles. The van der Waals surface area contributed by atoms with Crippen LogP contribution in [0.2, 0.25) is 0 Å². The van der Waals surface area contributed by atoms with E-state index in [9.17, 15) is 9.59 Å². The van der Waals surface area contributed by atoms with Crippen molar-refractivity contribution in [3.05, 3.63) is 29.5 Å². The van der Waals surface area contributed by atoms with E-state index in [2.05, 4.69) is 10.4 Å². The number of benzene rings is 1. The third-order valence-electron chi connectivity index (χ3n) is 3.82. The van der Waals surface area contributed by atoms with Crippen LogP contribution in [0.1, 0.15) is 49.7 Å². The molecular formula is C19H27N3O4. The minimum absolute atomic E-state index is 0.362. The van der Waals surface area contributed by atoms with Crippen LogP contribution in [0, 0.1) is 6.92 Å². The molecule has 26 heavy (non-hydrogen) atoms. The van der Waals surface area contributed by atoms with Gasteiger partial charge in [0.2, 0.25) is 0 Å². The lowest BCUT2D eigenvalue weighted by molar-refractivity contribution is 0.0525. The molecule has 1 aromatic heterocycles. The lowest BCUT2D eigenvalue weighted by Gasteiger charge is -2.19.